The predicted molar refractivity (Wildman–Crippen MR) is 91.9 cm³/mol. The maximum absolute atomic E-state index is 12.4. The second kappa shape index (κ2) is 7.77. The molecule has 1 rings (SSSR count). The molecule has 0 aliphatic heterocycles. The van der Waals surface area contributed by atoms with Crippen LogP contribution in [0, 0.1) is 6.92 Å². The van der Waals surface area contributed by atoms with Crippen LogP contribution in [0.2, 0.25) is 0 Å². The minimum atomic E-state index is -0.547. The number of nitrogens with zero attached hydrogens (tertiary/aromatic N) is 1. The minimum absolute atomic E-state index is 0.162. The molecular formula is C16H27N3O3S. The van der Waals surface area contributed by atoms with Gasteiger partial charge in [-0.05, 0) is 40.5 Å². The van der Waals surface area contributed by atoms with E-state index in [4.69, 9.17) is 4.74 Å². The van der Waals surface area contributed by atoms with Crippen molar-refractivity contribution in [2.75, 3.05) is 6.54 Å². The number of thiazole rings is 1. The summed E-state index contributed by atoms with van der Waals surface area (Å²) in [6.45, 7) is 11.6. The molecule has 130 valence electrons. The molecule has 0 aliphatic rings. The van der Waals surface area contributed by atoms with Gasteiger partial charge in [0.25, 0.3) is 5.91 Å². The van der Waals surface area contributed by atoms with E-state index in [1.807, 2.05) is 41.5 Å². The molecule has 2 N–H and O–H groups in total. The first-order valence-electron chi connectivity index (χ1n) is 7.82. The van der Waals surface area contributed by atoms with Crippen molar-refractivity contribution in [3.63, 3.8) is 0 Å². The van der Waals surface area contributed by atoms with Crippen LogP contribution >= 0.6 is 11.3 Å². The fourth-order valence-corrected chi connectivity index (χ4v) is 2.72. The Morgan fingerprint density at radius 1 is 1.26 bits per heavy atom. The minimum Gasteiger partial charge on any atom is -0.444 e. The molecule has 2 amide bonds. The second-order valence-electron chi connectivity index (χ2n) is 6.54. The van der Waals surface area contributed by atoms with E-state index in [9.17, 15) is 9.59 Å². The Morgan fingerprint density at radius 3 is 2.30 bits per heavy atom. The van der Waals surface area contributed by atoms with Gasteiger partial charge >= 0.3 is 6.09 Å². The van der Waals surface area contributed by atoms with E-state index in [0.717, 1.165) is 5.01 Å². The molecule has 0 saturated carbocycles. The molecule has 23 heavy (non-hydrogen) atoms. The molecule has 0 radical (unpaired) electrons. The molecule has 0 fully saturated rings. The highest BCUT2D eigenvalue weighted by Crippen LogP contribution is 2.18. The highest BCUT2D eigenvalue weighted by molar-refractivity contribution is 7.13. The van der Waals surface area contributed by atoms with Crippen molar-refractivity contribution in [1.29, 1.82) is 0 Å². The molecule has 1 aromatic heterocycles. The standard InChI is InChI=1S/C16H27N3O3S/c1-7-16(8-2,10-18-14(21)22-15(4,5)6)19-13(20)12-9-17-11(3)23-12/h9H,7-8,10H2,1-6H3,(H,18,21)(H,19,20). The summed E-state index contributed by atoms with van der Waals surface area (Å²) in [6, 6.07) is 0. The third-order valence-electron chi connectivity index (χ3n) is 3.55. The first-order chi connectivity index (χ1) is 10.6. The van der Waals surface area contributed by atoms with Crippen LogP contribution in [0.3, 0.4) is 0 Å². The summed E-state index contributed by atoms with van der Waals surface area (Å²) in [7, 11) is 0. The van der Waals surface area contributed by atoms with E-state index in [2.05, 4.69) is 15.6 Å². The Balaban J connectivity index is 2.71. The third kappa shape index (κ3) is 6.17. The quantitative estimate of drug-likeness (QED) is 0.832. The molecule has 0 spiro atoms. The number of rotatable bonds is 6. The molecule has 1 heterocycles. The summed E-state index contributed by atoms with van der Waals surface area (Å²) in [5.74, 6) is -0.162. The van der Waals surface area contributed by atoms with E-state index < -0.39 is 17.2 Å². The zero-order valence-electron chi connectivity index (χ0n) is 14.8. The summed E-state index contributed by atoms with van der Waals surface area (Å²) in [4.78, 5) is 28.9. The molecule has 6 nitrogen and oxygen atoms in total. The van der Waals surface area contributed by atoms with Gasteiger partial charge in [0.2, 0.25) is 0 Å². The van der Waals surface area contributed by atoms with Crippen molar-refractivity contribution in [2.45, 2.75) is 65.5 Å². The Bertz CT molecular complexity index is 545. The van der Waals surface area contributed by atoms with Crippen molar-refractivity contribution in [3.8, 4) is 0 Å². The normalized spacial score (nSPS) is 11.9. The largest absolute Gasteiger partial charge is 0.444 e. The van der Waals surface area contributed by atoms with Gasteiger partial charge in [-0.2, -0.15) is 0 Å². The smallest absolute Gasteiger partial charge is 0.407 e. The van der Waals surface area contributed by atoms with Crippen LogP contribution in [-0.2, 0) is 4.74 Å². The molecule has 0 saturated heterocycles. The molecule has 0 unspecified atom stereocenters. The molecule has 0 aromatic carbocycles. The van der Waals surface area contributed by atoms with Crippen LogP contribution in [0.5, 0.6) is 0 Å². The van der Waals surface area contributed by atoms with Crippen LogP contribution in [0.1, 0.15) is 62.1 Å². The summed E-state index contributed by atoms with van der Waals surface area (Å²) in [6.07, 6.45) is 2.49. The van der Waals surface area contributed by atoms with Crippen molar-refractivity contribution in [1.82, 2.24) is 15.6 Å². The monoisotopic (exact) mass is 341 g/mol. The summed E-state index contributed by atoms with van der Waals surface area (Å²) in [5.41, 5.74) is -1.06. The van der Waals surface area contributed by atoms with E-state index >= 15 is 0 Å². The van der Waals surface area contributed by atoms with E-state index in [1.165, 1.54) is 11.3 Å². The lowest BCUT2D eigenvalue weighted by atomic mass is 9.92. The lowest BCUT2D eigenvalue weighted by Gasteiger charge is -2.33. The van der Waals surface area contributed by atoms with Gasteiger partial charge < -0.3 is 15.4 Å². The molecular weight excluding hydrogens is 314 g/mol. The van der Waals surface area contributed by atoms with Crippen LogP contribution in [-0.4, -0.2) is 34.7 Å². The molecule has 0 atom stereocenters. The summed E-state index contributed by atoms with van der Waals surface area (Å²) >= 11 is 1.35. The van der Waals surface area contributed by atoms with Crippen LogP contribution < -0.4 is 10.6 Å². The summed E-state index contributed by atoms with van der Waals surface area (Å²) in [5, 5.41) is 6.64. The van der Waals surface area contributed by atoms with Gasteiger partial charge in [0, 0.05) is 6.54 Å². The van der Waals surface area contributed by atoms with Crippen LogP contribution in [0.25, 0.3) is 0 Å². The average molecular weight is 341 g/mol. The molecule has 7 heteroatoms. The number of aryl methyl sites for hydroxylation is 1. The van der Waals surface area contributed by atoms with Gasteiger partial charge in [0.1, 0.15) is 10.5 Å². The van der Waals surface area contributed by atoms with Crippen LogP contribution in [0.4, 0.5) is 4.79 Å². The zero-order valence-corrected chi connectivity index (χ0v) is 15.6. The number of hydrogen-bond donors (Lipinski definition) is 2. The van der Waals surface area contributed by atoms with E-state index in [0.29, 0.717) is 24.3 Å². The fourth-order valence-electron chi connectivity index (χ4n) is 2.05. The maximum Gasteiger partial charge on any atom is 0.407 e. The number of carbonyl (C=O) groups excluding carboxylic acids is 2. The topological polar surface area (TPSA) is 80.3 Å². The number of ether oxygens (including phenoxy) is 1. The van der Waals surface area contributed by atoms with Gasteiger partial charge in [0.05, 0.1) is 16.7 Å². The molecule has 1 aromatic rings. The Morgan fingerprint density at radius 2 is 1.87 bits per heavy atom. The lowest BCUT2D eigenvalue weighted by molar-refractivity contribution is 0.0502. The van der Waals surface area contributed by atoms with E-state index in [-0.39, 0.29) is 5.91 Å². The fraction of sp³-hybridized carbons (Fsp3) is 0.688. The number of alkyl carbamates (subject to hydrolysis) is 1. The van der Waals surface area contributed by atoms with Crippen molar-refractivity contribution in [2.24, 2.45) is 0 Å². The maximum atomic E-state index is 12.4. The first-order valence-corrected chi connectivity index (χ1v) is 8.64. The van der Waals surface area contributed by atoms with Gasteiger partial charge in [0.15, 0.2) is 0 Å². The summed E-state index contributed by atoms with van der Waals surface area (Å²) < 4.78 is 5.24. The van der Waals surface area contributed by atoms with Gasteiger partial charge in [-0.15, -0.1) is 11.3 Å². The van der Waals surface area contributed by atoms with Crippen molar-refractivity contribution < 1.29 is 14.3 Å². The lowest BCUT2D eigenvalue weighted by Crippen LogP contribution is -2.55. The predicted octanol–water partition coefficient (Wildman–Crippen LogP) is 3.26. The number of hydrogen-bond acceptors (Lipinski definition) is 5. The highest BCUT2D eigenvalue weighted by atomic mass is 32.1. The second-order valence-corrected chi connectivity index (χ2v) is 7.78. The number of aromatic nitrogens is 1. The molecule has 0 bridgehead atoms. The SMILES string of the molecule is CCC(CC)(CNC(=O)OC(C)(C)C)NC(=O)c1cnc(C)s1. The van der Waals surface area contributed by atoms with E-state index in [1.54, 1.807) is 6.20 Å². The van der Waals surface area contributed by atoms with Crippen molar-refractivity contribution >= 4 is 23.3 Å². The Kier molecular flexibility index (Phi) is 6.56. The molecule has 0 aliphatic carbocycles. The Hall–Kier alpha value is -1.63. The number of nitrogens with one attached hydrogen (secondary N) is 2. The highest BCUT2D eigenvalue weighted by Gasteiger charge is 2.30. The van der Waals surface area contributed by atoms with Gasteiger partial charge in [-0.1, -0.05) is 13.8 Å². The zero-order chi connectivity index (χ0) is 17.7. The average Bonchev–Trinajstić information content (AvgIpc) is 2.88. The van der Waals surface area contributed by atoms with Crippen molar-refractivity contribution in [3.05, 3.63) is 16.1 Å². The Labute approximate surface area is 142 Å². The van der Waals surface area contributed by atoms with Crippen LogP contribution in [0.15, 0.2) is 6.20 Å². The number of carbonyl (C=O) groups is 2. The van der Waals surface area contributed by atoms with Gasteiger partial charge in [-0.25, -0.2) is 9.78 Å². The third-order valence-corrected chi connectivity index (χ3v) is 4.46. The first kappa shape index (κ1) is 19.4. The van der Waals surface area contributed by atoms with Gasteiger partial charge in [-0.3, -0.25) is 4.79 Å². The number of amides is 2.